The molecule has 4 nitrogen and oxygen atoms in total. The number of benzene rings is 2. The number of aromatic nitrogens is 3. The molecule has 25 heavy (non-hydrogen) atoms. The Morgan fingerprint density at radius 2 is 1.76 bits per heavy atom. The number of nitrogens with two attached hydrogens (primary N) is 1. The van der Waals surface area contributed by atoms with Crippen molar-refractivity contribution in [1.29, 1.82) is 0 Å². The van der Waals surface area contributed by atoms with Gasteiger partial charge in [-0.25, -0.2) is 14.4 Å². The molecule has 0 atom stereocenters. The van der Waals surface area contributed by atoms with Crippen molar-refractivity contribution in [3.63, 3.8) is 0 Å². The summed E-state index contributed by atoms with van der Waals surface area (Å²) in [6.07, 6.45) is 3.08. The molecule has 0 spiro atoms. The summed E-state index contributed by atoms with van der Waals surface area (Å²) in [5, 5.41) is 0.797. The van der Waals surface area contributed by atoms with Gasteiger partial charge in [-0.05, 0) is 29.8 Å². The molecule has 0 amide bonds. The van der Waals surface area contributed by atoms with E-state index in [0.717, 1.165) is 22.0 Å². The Bertz CT molecular complexity index is 1100. The van der Waals surface area contributed by atoms with Gasteiger partial charge in [-0.2, -0.15) is 0 Å². The lowest BCUT2D eigenvalue weighted by atomic mass is 9.98. The molecule has 2 heterocycles. The third kappa shape index (κ3) is 2.68. The smallest absolute Gasteiger partial charge is 0.142 e. The minimum absolute atomic E-state index is 0.0473. The van der Waals surface area contributed by atoms with E-state index in [0.29, 0.717) is 17.1 Å². The van der Waals surface area contributed by atoms with Gasteiger partial charge in [0.25, 0.3) is 0 Å². The zero-order chi connectivity index (χ0) is 17.4. The topological polar surface area (TPSA) is 64.7 Å². The molecular weight excluding hydrogens is 339 g/mol. The van der Waals surface area contributed by atoms with Crippen LogP contribution in [0.3, 0.4) is 0 Å². The van der Waals surface area contributed by atoms with Crippen LogP contribution in [-0.2, 0) is 0 Å². The summed E-state index contributed by atoms with van der Waals surface area (Å²) in [5.74, 6) is -0.0759. The van der Waals surface area contributed by atoms with Crippen LogP contribution >= 0.6 is 11.6 Å². The highest BCUT2D eigenvalue weighted by atomic mass is 35.5. The zero-order valence-corrected chi connectivity index (χ0v) is 13.7. The standard InChI is InChI=1S/C19H12ClFN4/c20-17-13(3-1-5-15(17)21)18-12(4-2-8-23-18)11-6-7-16-14(9-11)19(22)25-10-24-16/h1-10H,(H2,22,24,25). The predicted octanol–water partition coefficient (Wildman–Crippen LogP) is 4.73. The van der Waals surface area contributed by atoms with E-state index in [9.17, 15) is 4.39 Å². The molecule has 0 saturated carbocycles. The number of nitrogen functional groups attached to an aromatic ring is 1. The lowest BCUT2D eigenvalue weighted by Gasteiger charge is -2.11. The Hall–Kier alpha value is -3.05. The molecule has 0 fully saturated rings. The Morgan fingerprint density at radius 1 is 0.920 bits per heavy atom. The van der Waals surface area contributed by atoms with Crippen LogP contribution < -0.4 is 5.73 Å². The van der Waals surface area contributed by atoms with Crippen LogP contribution in [0, 0.1) is 5.82 Å². The fourth-order valence-corrected chi connectivity index (χ4v) is 3.00. The average Bonchev–Trinajstić information content (AvgIpc) is 2.64. The van der Waals surface area contributed by atoms with Crippen molar-refractivity contribution < 1.29 is 4.39 Å². The first-order valence-electron chi connectivity index (χ1n) is 7.55. The number of hydrogen-bond donors (Lipinski definition) is 1. The average molecular weight is 351 g/mol. The van der Waals surface area contributed by atoms with Gasteiger partial charge in [0, 0.05) is 22.7 Å². The molecule has 0 radical (unpaired) electrons. The predicted molar refractivity (Wildman–Crippen MR) is 97.6 cm³/mol. The highest BCUT2D eigenvalue weighted by molar-refractivity contribution is 6.33. The Morgan fingerprint density at radius 3 is 2.64 bits per heavy atom. The summed E-state index contributed by atoms with van der Waals surface area (Å²) in [5.41, 5.74) is 9.54. The molecule has 0 aliphatic heterocycles. The van der Waals surface area contributed by atoms with Gasteiger partial charge in [0.05, 0.1) is 16.2 Å². The third-order valence-electron chi connectivity index (χ3n) is 3.99. The van der Waals surface area contributed by atoms with Crippen LogP contribution in [0.5, 0.6) is 0 Å². The number of pyridine rings is 1. The van der Waals surface area contributed by atoms with E-state index < -0.39 is 5.82 Å². The van der Waals surface area contributed by atoms with Crippen molar-refractivity contribution >= 4 is 28.3 Å². The van der Waals surface area contributed by atoms with Crippen LogP contribution in [0.25, 0.3) is 33.3 Å². The summed E-state index contributed by atoms with van der Waals surface area (Å²) < 4.78 is 13.9. The van der Waals surface area contributed by atoms with Gasteiger partial charge in [0.15, 0.2) is 0 Å². The molecule has 4 rings (SSSR count). The summed E-state index contributed by atoms with van der Waals surface area (Å²) >= 11 is 6.15. The molecule has 2 aromatic carbocycles. The van der Waals surface area contributed by atoms with Gasteiger partial charge in [-0.3, -0.25) is 4.98 Å². The van der Waals surface area contributed by atoms with Crippen LogP contribution in [0.1, 0.15) is 0 Å². The number of rotatable bonds is 2. The minimum Gasteiger partial charge on any atom is -0.383 e. The SMILES string of the molecule is Nc1ncnc2ccc(-c3cccnc3-c3cccc(F)c3Cl)cc12. The molecule has 0 saturated heterocycles. The van der Waals surface area contributed by atoms with Crippen molar-refractivity contribution in [2.75, 3.05) is 5.73 Å². The normalized spacial score (nSPS) is 11.0. The van der Waals surface area contributed by atoms with E-state index in [2.05, 4.69) is 15.0 Å². The monoisotopic (exact) mass is 350 g/mol. The van der Waals surface area contributed by atoms with Gasteiger partial charge in [0.1, 0.15) is 18.0 Å². The van der Waals surface area contributed by atoms with Crippen LogP contribution in [0.4, 0.5) is 10.2 Å². The molecule has 6 heteroatoms. The van der Waals surface area contributed by atoms with Crippen molar-refractivity contribution in [2.24, 2.45) is 0 Å². The molecule has 122 valence electrons. The first kappa shape index (κ1) is 15.5. The Kier molecular flexibility index (Phi) is 3.78. The maximum Gasteiger partial charge on any atom is 0.142 e. The zero-order valence-electron chi connectivity index (χ0n) is 12.9. The number of halogens is 2. The van der Waals surface area contributed by atoms with E-state index in [1.165, 1.54) is 12.4 Å². The van der Waals surface area contributed by atoms with Gasteiger partial charge >= 0.3 is 0 Å². The number of fused-ring (bicyclic) bond motifs is 1. The van der Waals surface area contributed by atoms with E-state index >= 15 is 0 Å². The van der Waals surface area contributed by atoms with Crippen LogP contribution in [-0.4, -0.2) is 15.0 Å². The molecule has 4 aromatic rings. The fraction of sp³-hybridized carbons (Fsp3) is 0. The summed E-state index contributed by atoms with van der Waals surface area (Å²) in [6.45, 7) is 0. The molecule has 2 N–H and O–H groups in total. The summed E-state index contributed by atoms with van der Waals surface area (Å²) in [6, 6.07) is 14.1. The highest BCUT2D eigenvalue weighted by Gasteiger charge is 2.14. The second kappa shape index (κ2) is 6.11. The molecule has 0 bridgehead atoms. The summed E-state index contributed by atoms with van der Waals surface area (Å²) in [4.78, 5) is 12.7. The number of hydrogen-bond acceptors (Lipinski definition) is 4. The van der Waals surface area contributed by atoms with Crippen molar-refractivity contribution in [3.05, 3.63) is 71.9 Å². The van der Waals surface area contributed by atoms with Gasteiger partial charge in [-0.15, -0.1) is 0 Å². The largest absolute Gasteiger partial charge is 0.383 e. The fourth-order valence-electron chi connectivity index (χ4n) is 2.78. The van der Waals surface area contributed by atoms with Crippen molar-refractivity contribution in [3.8, 4) is 22.4 Å². The second-order valence-corrected chi connectivity index (χ2v) is 5.87. The lowest BCUT2D eigenvalue weighted by molar-refractivity contribution is 0.628. The van der Waals surface area contributed by atoms with E-state index in [1.54, 1.807) is 18.3 Å². The van der Waals surface area contributed by atoms with E-state index in [4.69, 9.17) is 17.3 Å². The molecule has 0 unspecified atom stereocenters. The first-order valence-corrected chi connectivity index (χ1v) is 7.93. The van der Waals surface area contributed by atoms with Crippen LogP contribution in [0.15, 0.2) is 61.1 Å². The number of anilines is 1. The van der Waals surface area contributed by atoms with Gasteiger partial charge in [0.2, 0.25) is 0 Å². The quantitative estimate of drug-likeness (QED) is 0.567. The Balaban J connectivity index is 1.96. The van der Waals surface area contributed by atoms with E-state index in [1.807, 2.05) is 30.3 Å². The second-order valence-electron chi connectivity index (χ2n) is 5.49. The van der Waals surface area contributed by atoms with E-state index in [-0.39, 0.29) is 5.02 Å². The Labute approximate surface area is 148 Å². The molecule has 0 aliphatic rings. The maximum absolute atomic E-state index is 13.9. The van der Waals surface area contributed by atoms with Crippen LogP contribution in [0.2, 0.25) is 5.02 Å². The maximum atomic E-state index is 13.9. The van der Waals surface area contributed by atoms with Gasteiger partial charge < -0.3 is 5.73 Å². The minimum atomic E-state index is -0.480. The first-order chi connectivity index (χ1) is 12.1. The van der Waals surface area contributed by atoms with Crippen molar-refractivity contribution in [1.82, 2.24) is 15.0 Å². The summed E-state index contributed by atoms with van der Waals surface area (Å²) in [7, 11) is 0. The van der Waals surface area contributed by atoms with Gasteiger partial charge in [-0.1, -0.05) is 35.9 Å². The van der Waals surface area contributed by atoms with Crippen molar-refractivity contribution in [2.45, 2.75) is 0 Å². The third-order valence-corrected chi connectivity index (χ3v) is 4.38. The molecule has 2 aromatic heterocycles. The lowest BCUT2D eigenvalue weighted by Crippen LogP contribution is -1.95. The molecule has 0 aliphatic carbocycles. The number of nitrogens with zero attached hydrogens (tertiary/aromatic N) is 3. The highest BCUT2D eigenvalue weighted by Crippen LogP contribution is 2.36. The molecular formula is C19H12ClFN4.